The summed E-state index contributed by atoms with van der Waals surface area (Å²) in [4.78, 5) is 13.8. The minimum Gasteiger partial charge on any atom is -0.444 e. The molecule has 0 spiro atoms. The van der Waals surface area contributed by atoms with Gasteiger partial charge in [0.1, 0.15) is 5.60 Å². The minimum absolute atomic E-state index is 0.0810. The fourth-order valence-corrected chi connectivity index (χ4v) is 2.29. The number of ether oxygens (including phenoxy) is 1. The Hall–Kier alpha value is -1.56. The molecule has 1 aliphatic heterocycles. The van der Waals surface area contributed by atoms with E-state index in [9.17, 15) is 4.79 Å². The zero-order valence-corrected chi connectivity index (χ0v) is 12.0. The topological polar surface area (TPSA) is 73.4 Å². The van der Waals surface area contributed by atoms with Crippen molar-refractivity contribution in [2.24, 2.45) is 12.8 Å². The van der Waals surface area contributed by atoms with Crippen molar-refractivity contribution in [2.75, 3.05) is 13.1 Å². The number of carbonyl (C=O) groups excluding carboxylic acids is 1. The van der Waals surface area contributed by atoms with Gasteiger partial charge in [0.2, 0.25) is 0 Å². The van der Waals surface area contributed by atoms with Gasteiger partial charge in [0.25, 0.3) is 0 Å². The molecule has 2 heterocycles. The Bertz CT molecular complexity index is 475. The van der Waals surface area contributed by atoms with Crippen molar-refractivity contribution in [1.82, 2.24) is 14.7 Å². The van der Waals surface area contributed by atoms with Crippen molar-refractivity contribution in [1.29, 1.82) is 0 Å². The number of rotatable bonds is 1. The van der Waals surface area contributed by atoms with E-state index in [1.807, 2.05) is 34.0 Å². The molecule has 2 rings (SSSR count). The Kier molecular flexibility index (Phi) is 3.54. The summed E-state index contributed by atoms with van der Waals surface area (Å²) in [6.45, 7) is 7.17. The zero-order valence-electron chi connectivity index (χ0n) is 12.0. The molecule has 0 aliphatic carbocycles. The number of hydrogen-bond donors (Lipinski definition) is 1. The molecule has 19 heavy (non-hydrogen) atoms. The predicted octanol–water partition coefficient (Wildman–Crippen LogP) is 1.21. The second-order valence-electron chi connectivity index (χ2n) is 6.01. The Morgan fingerprint density at radius 3 is 2.84 bits per heavy atom. The fraction of sp³-hybridized carbons (Fsp3) is 0.692. The van der Waals surface area contributed by atoms with Crippen LogP contribution in [0, 0.1) is 0 Å². The summed E-state index contributed by atoms with van der Waals surface area (Å²) in [6, 6.07) is 0. The number of aromatic nitrogens is 2. The molecule has 106 valence electrons. The molecule has 1 atom stereocenters. The van der Waals surface area contributed by atoms with E-state index >= 15 is 0 Å². The highest BCUT2D eigenvalue weighted by Gasteiger charge is 2.32. The Labute approximate surface area is 113 Å². The van der Waals surface area contributed by atoms with E-state index in [1.165, 1.54) is 0 Å². The maximum absolute atomic E-state index is 12.1. The second kappa shape index (κ2) is 4.85. The minimum atomic E-state index is -0.482. The zero-order chi connectivity index (χ0) is 14.2. The number of nitrogens with two attached hydrogens (primary N) is 1. The summed E-state index contributed by atoms with van der Waals surface area (Å²) in [6.07, 6.45) is 1.65. The van der Waals surface area contributed by atoms with Gasteiger partial charge in [-0.25, -0.2) is 4.79 Å². The smallest absolute Gasteiger partial charge is 0.410 e. The predicted molar refractivity (Wildman–Crippen MR) is 71.6 cm³/mol. The van der Waals surface area contributed by atoms with Crippen LogP contribution in [-0.2, 0) is 18.3 Å². The van der Waals surface area contributed by atoms with Crippen molar-refractivity contribution in [3.05, 3.63) is 17.5 Å². The first-order valence-corrected chi connectivity index (χ1v) is 6.50. The molecule has 6 nitrogen and oxygen atoms in total. The first kappa shape index (κ1) is 13.9. The van der Waals surface area contributed by atoms with Gasteiger partial charge < -0.3 is 15.4 Å². The molecular weight excluding hydrogens is 244 g/mol. The van der Waals surface area contributed by atoms with Gasteiger partial charge in [-0.3, -0.25) is 4.68 Å². The van der Waals surface area contributed by atoms with E-state index in [1.54, 1.807) is 9.58 Å². The third-order valence-corrected chi connectivity index (χ3v) is 3.06. The number of fused-ring (bicyclic) bond motifs is 1. The summed E-state index contributed by atoms with van der Waals surface area (Å²) in [5.41, 5.74) is 7.36. The molecule has 0 aromatic carbocycles. The van der Waals surface area contributed by atoms with Crippen LogP contribution in [0.5, 0.6) is 0 Å². The van der Waals surface area contributed by atoms with Crippen LogP contribution in [0.15, 0.2) is 6.20 Å². The number of hydrogen-bond acceptors (Lipinski definition) is 4. The summed E-state index contributed by atoms with van der Waals surface area (Å²) in [7, 11) is 1.88. The average molecular weight is 266 g/mol. The van der Waals surface area contributed by atoms with Crippen LogP contribution in [0.4, 0.5) is 4.79 Å². The molecule has 1 aromatic heterocycles. The number of amides is 1. The van der Waals surface area contributed by atoms with Gasteiger partial charge in [-0.2, -0.15) is 5.10 Å². The van der Waals surface area contributed by atoms with Gasteiger partial charge in [-0.05, 0) is 20.8 Å². The Morgan fingerprint density at radius 1 is 1.58 bits per heavy atom. The molecule has 0 radical (unpaired) electrons. The van der Waals surface area contributed by atoms with Crippen LogP contribution in [0.2, 0.25) is 0 Å². The molecule has 0 saturated heterocycles. The third-order valence-electron chi connectivity index (χ3n) is 3.06. The van der Waals surface area contributed by atoms with Gasteiger partial charge in [-0.1, -0.05) is 0 Å². The molecule has 1 amide bonds. The van der Waals surface area contributed by atoms with Crippen molar-refractivity contribution in [3.63, 3.8) is 0 Å². The lowest BCUT2D eigenvalue weighted by molar-refractivity contribution is 0.0206. The van der Waals surface area contributed by atoms with Crippen LogP contribution >= 0.6 is 0 Å². The fourth-order valence-electron chi connectivity index (χ4n) is 2.29. The molecule has 6 heteroatoms. The average Bonchev–Trinajstić information content (AvgIpc) is 2.65. The lowest BCUT2D eigenvalue weighted by Gasteiger charge is -2.33. The van der Waals surface area contributed by atoms with Crippen molar-refractivity contribution in [2.45, 2.75) is 38.8 Å². The van der Waals surface area contributed by atoms with Crippen molar-refractivity contribution in [3.8, 4) is 0 Å². The normalized spacial score (nSPS) is 19.2. The van der Waals surface area contributed by atoms with Crippen LogP contribution in [0.1, 0.15) is 37.9 Å². The van der Waals surface area contributed by atoms with Gasteiger partial charge in [-0.15, -0.1) is 0 Å². The SMILES string of the molecule is Cn1cc2c(n1)C(CN)CN(C(=O)OC(C)(C)C)C2. The van der Waals surface area contributed by atoms with Crippen LogP contribution in [-0.4, -0.2) is 39.5 Å². The summed E-state index contributed by atoms with van der Waals surface area (Å²) < 4.78 is 7.18. The number of nitrogens with zero attached hydrogens (tertiary/aromatic N) is 3. The molecule has 0 bridgehead atoms. The Morgan fingerprint density at radius 2 is 2.26 bits per heavy atom. The molecule has 1 aliphatic rings. The molecule has 0 fully saturated rings. The van der Waals surface area contributed by atoms with Gasteiger partial charge >= 0.3 is 6.09 Å². The molecule has 2 N–H and O–H groups in total. The van der Waals surface area contributed by atoms with Crippen molar-refractivity contribution < 1.29 is 9.53 Å². The van der Waals surface area contributed by atoms with Crippen molar-refractivity contribution >= 4 is 6.09 Å². The maximum atomic E-state index is 12.1. The molecule has 1 aromatic rings. The number of aryl methyl sites for hydroxylation is 1. The standard InChI is InChI=1S/C13H22N4O2/c1-13(2,3)19-12(18)17-7-9(5-14)11-10(8-17)6-16(4)15-11/h6,9H,5,7-8,14H2,1-4H3. The largest absolute Gasteiger partial charge is 0.444 e. The van der Waals surface area contributed by atoms with E-state index in [0.29, 0.717) is 19.6 Å². The quantitative estimate of drug-likeness (QED) is 0.829. The summed E-state index contributed by atoms with van der Waals surface area (Å²) in [5, 5.41) is 4.43. The molecule has 0 saturated carbocycles. The summed E-state index contributed by atoms with van der Waals surface area (Å²) >= 11 is 0. The molecular formula is C13H22N4O2. The maximum Gasteiger partial charge on any atom is 0.410 e. The van der Waals surface area contributed by atoms with E-state index in [2.05, 4.69) is 5.10 Å². The Balaban J connectivity index is 2.17. The van der Waals surface area contributed by atoms with Gasteiger partial charge in [0, 0.05) is 37.8 Å². The summed E-state index contributed by atoms with van der Waals surface area (Å²) in [5.74, 6) is 0.0810. The van der Waals surface area contributed by atoms with Crippen LogP contribution in [0.25, 0.3) is 0 Å². The van der Waals surface area contributed by atoms with E-state index in [4.69, 9.17) is 10.5 Å². The first-order valence-electron chi connectivity index (χ1n) is 6.50. The van der Waals surface area contributed by atoms with E-state index < -0.39 is 5.60 Å². The van der Waals surface area contributed by atoms with Gasteiger partial charge in [0.05, 0.1) is 12.2 Å². The van der Waals surface area contributed by atoms with Gasteiger partial charge in [0.15, 0.2) is 0 Å². The van der Waals surface area contributed by atoms with E-state index in [-0.39, 0.29) is 12.0 Å². The highest BCUT2D eigenvalue weighted by molar-refractivity contribution is 5.68. The third kappa shape index (κ3) is 3.07. The monoisotopic (exact) mass is 266 g/mol. The number of carbonyl (C=O) groups is 1. The van der Waals surface area contributed by atoms with E-state index in [0.717, 1.165) is 11.3 Å². The lowest BCUT2D eigenvalue weighted by Crippen LogP contribution is -2.42. The highest BCUT2D eigenvalue weighted by atomic mass is 16.6. The van der Waals surface area contributed by atoms with Crippen LogP contribution < -0.4 is 5.73 Å². The molecule has 1 unspecified atom stereocenters. The first-order chi connectivity index (χ1) is 8.80. The lowest BCUT2D eigenvalue weighted by atomic mass is 9.97. The highest BCUT2D eigenvalue weighted by Crippen LogP contribution is 2.27. The van der Waals surface area contributed by atoms with Crippen LogP contribution in [0.3, 0.4) is 0 Å². The second-order valence-corrected chi connectivity index (χ2v) is 6.01.